The third kappa shape index (κ3) is 1.39. The van der Waals surface area contributed by atoms with Gasteiger partial charge in [0.25, 0.3) is 0 Å². The van der Waals surface area contributed by atoms with Crippen molar-refractivity contribution in [3.05, 3.63) is 12.2 Å². The molecule has 68 valence electrons. The largest absolute Gasteiger partial charge is 0.343 e. The molecule has 1 saturated heterocycles. The van der Waals surface area contributed by atoms with Crippen LogP contribution in [-0.2, 0) is 9.47 Å². The van der Waals surface area contributed by atoms with E-state index in [0.717, 1.165) is 19.3 Å². The summed E-state index contributed by atoms with van der Waals surface area (Å²) in [5.74, 6) is -0.599. The third-order valence-electron chi connectivity index (χ3n) is 2.35. The molecule has 0 radical (unpaired) electrons. The van der Waals surface area contributed by atoms with Gasteiger partial charge in [0.2, 0.25) is 5.79 Å². The second-order valence-corrected chi connectivity index (χ2v) is 3.75. The summed E-state index contributed by atoms with van der Waals surface area (Å²) in [5.41, 5.74) is 0. The first-order valence-electron chi connectivity index (χ1n) is 4.43. The first-order valence-corrected chi connectivity index (χ1v) is 4.87. The average molecular weight is 189 g/mol. The number of hydrogen-bond donors (Lipinski definition) is 0. The van der Waals surface area contributed by atoms with E-state index in [-0.39, 0.29) is 5.38 Å². The molecule has 1 fully saturated rings. The van der Waals surface area contributed by atoms with Crippen molar-refractivity contribution in [3.8, 4) is 0 Å². The highest BCUT2D eigenvalue weighted by Crippen LogP contribution is 2.34. The minimum Gasteiger partial charge on any atom is -0.343 e. The van der Waals surface area contributed by atoms with Crippen molar-refractivity contribution in [2.24, 2.45) is 0 Å². The second kappa shape index (κ2) is 3.36. The molecular weight excluding hydrogens is 176 g/mol. The zero-order valence-corrected chi connectivity index (χ0v) is 7.72. The number of rotatable bonds is 0. The first-order chi connectivity index (χ1) is 5.83. The number of alkyl halides is 1. The molecule has 1 aliphatic carbocycles. The Hall–Kier alpha value is -0.0500. The van der Waals surface area contributed by atoms with Crippen LogP contribution in [0.2, 0.25) is 0 Å². The van der Waals surface area contributed by atoms with E-state index in [2.05, 4.69) is 6.08 Å². The van der Waals surface area contributed by atoms with Gasteiger partial charge in [-0.3, -0.25) is 0 Å². The summed E-state index contributed by atoms with van der Waals surface area (Å²) in [7, 11) is 0. The summed E-state index contributed by atoms with van der Waals surface area (Å²) < 4.78 is 11.1. The quantitative estimate of drug-likeness (QED) is 0.428. The van der Waals surface area contributed by atoms with Crippen LogP contribution in [0.5, 0.6) is 0 Å². The van der Waals surface area contributed by atoms with Crippen molar-refractivity contribution in [2.75, 3.05) is 13.2 Å². The number of allylic oxidation sites excluding steroid dienone is 1. The fraction of sp³-hybridized carbons (Fsp3) is 0.778. The van der Waals surface area contributed by atoms with Gasteiger partial charge in [-0.05, 0) is 25.3 Å². The van der Waals surface area contributed by atoms with Gasteiger partial charge in [-0.2, -0.15) is 0 Å². The van der Waals surface area contributed by atoms with Crippen LogP contribution in [0.15, 0.2) is 12.2 Å². The summed E-state index contributed by atoms with van der Waals surface area (Å²) in [4.78, 5) is 0. The smallest absolute Gasteiger partial charge is 0.204 e. The molecule has 0 saturated carbocycles. The van der Waals surface area contributed by atoms with Crippen molar-refractivity contribution in [1.82, 2.24) is 0 Å². The normalized spacial score (nSPS) is 33.9. The summed E-state index contributed by atoms with van der Waals surface area (Å²) in [6.07, 6.45) is 7.25. The summed E-state index contributed by atoms with van der Waals surface area (Å²) in [5, 5.41) is -0.0289. The topological polar surface area (TPSA) is 18.5 Å². The molecule has 0 aromatic rings. The summed E-state index contributed by atoms with van der Waals surface area (Å²) in [6.45, 7) is 1.32. The molecule has 12 heavy (non-hydrogen) atoms. The minimum absolute atomic E-state index is 0.0289. The van der Waals surface area contributed by atoms with Gasteiger partial charge < -0.3 is 9.47 Å². The Morgan fingerprint density at radius 2 is 2.08 bits per heavy atom. The molecule has 0 amide bonds. The van der Waals surface area contributed by atoms with Crippen molar-refractivity contribution >= 4 is 11.6 Å². The second-order valence-electron chi connectivity index (χ2n) is 3.22. The molecule has 0 N–H and O–H groups in total. The Morgan fingerprint density at radius 3 is 2.83 bits per heavy atom. The Kier molecular flexibility index (Phi) is 2.40. The molecule has 0 bridgehead atoms. The highest BCUT2D eigenvalue weighted by Gasteiger charge is 2.41. The lowest BCUT2D eigenvalue weighted by Crippen LogP contribution is -2.37. The molecule has 1 heterocycles. The molecule has 0 aromatic heterocycles. The van der Waals surface area contributed by atoms with E-state index in [4.69, 9.17) is 21.1 Å². The number of halogens is 1. The van der Waals surface area contributed by atoms with Crippen molar-refractivity contribution in [1.29, 1.82) is 0 Å². The van der Waals surface area contributed by atoms with Crippen LogP contribution < -0.4 is 0 Å². The van der Waals surface area contributed by atoms with Crippen LogP contribution in [0.1, 0.15) is 19.3 Å². The first kappa shape index (κ1) is 8.54. The molecule has 1 spiro atoms. The van der Waals surface area contributed by atoms with Crippen LogP contribution >= 0.6 is 11.6 Å². The molecule has 3 heteroatoms. The van der Waals surface area contributed by atoms with Crippen molar-refractivity contribution in [2.45, 2.75) is 30.4 Å². The van der Waals surface area contributed by atoms with E-state index in [1.807, 2.05) is 6.08 Å². The van der Waals surface area contributed by atoms with Gasteiger partial charge in [0.05, 0.1) is 18.6 Å². The highest BCUT2D eigenvalue weighted by atomic mass is 35.5. The Labute approximate surface area is 77.5 Å². The van der Waals surface area contributed by atoms with Gasteiger partial charge >= 0.3 is 0 Å². The molecule has 0 aromatic carbocycles. The van der Waals surface area contributed by atoms with Crippen LogP contribution in [0.3, 0.4) is 0 Å². The molecule has 2 aliphatic rings. The maximum Gasteiger partial charge on any atom is 0.204 e. The van der Waals surface area contributed by atoms with Crippen LogP contribution in [0.25, 0.3) is 0 Å². The fourth-order valence-corrected chi connectivity index (χ4v) is 2.04. The van der Waals surface area contributed by atoms with Gasteiger partial charge in [0.1, 0.15) is 0 Å². The highest BCUT2D eigenvalue weighted by molar-refractivity contribution is 6.21. The monoisotopic (exact) mass is 188 g/mol. The van der Waals surface area contributed by atoms with Gasteiger partial charge in [-0.1, -0.05) is 6.08 Å². The van der Waals surface area contributed by atoms with E-state index in [1.54, 1.807) is 0 Å². The zero-order valence-electron chi connectivity index (χ0n) is 6.96. The van der Waals surface area contributed by atoms with Crippen LogP contribution in [-0.4, -0.2) is 24.4 Å². The molecule has 1 atom stereocenters. The zero-order chi connectivity index (χ0) is 8.44. The number of hydrogen-bond acceptors (Lipinski definition) is 2. The molecule has 2 nitrogen and oxygen atoms in total. The predicted octanol–water partition coefficient (Wildman–Crippen LogP) is 2.08. The number of ether oxygens (including phenoxy) is 2. The lowest BCUT2D eigenvalue weighted by atomic mass is 10.1. The fourth-order valence-electron chi connectivity index (χ4n) is 1.69. The molecule has 2 rings (SSSR count). The van der Waals surface area contributed by atoms with E-state index in [1.165, 1.54) is 0 Å². The van der Waals surface area contributed by atoms with E-state index < -0.39 is 5.79 Å². The van der Waals surface area contributed by atoms with E-state index >= 15 is 0 Å². The lowest BCUT2D eigenvalue weighted by Gasteiger charge is -2.27. The van der Waals surface area contributed by atoms with E-state index in [0.29, 0.717) is 13.2 Å². The van der Waals surface area contributed by atoms with Crippen LogP contribution in [0, 0.1) is 0 Å². The molecule has 1 unspecified atom stereocenters. The van der Waals surface area contributed by atoms with Gasteiger partial charge in [0.15, 0.2) is 0 Å². The predicted molar refractivity (Wildman–Crippen MR) is 47.3 cm³/mol. The maximum atomic E-state index is 6.18. The third-order valence-corrected chi connectivity index (χ3v) is 2.88. The Bertz CT molecular complexity index is 185. The summed E-state index contributed by atoms with van der Waals surface area (Å²) in [6, 6.07) is 0. The lowest BCUT2D eigenvalue weighted by molar-refractivity contribution is -0.117. The average Bonchev–Trinajstić information content (AvgIpc) is 2.45. The van der Waals surface area contributed by atoms with Gasteiger partial charge in [0, 0.05) is 0 Å². The molecular formula is C9H13ClO2. The minimum atomic E-state index is -0.599. The summed E-state index contributed by atoms with van der Waals surface area (Å²) >= 11 is 6.18. The Morgan fingerprint density at radius 1 is 1.33 bits per heavy atom. The van der Waals surface area contributed by atoms with E-state index in [9.17, 15) is 0 Å². The molecule has 1 aliphatic heterocycles. The van der Waals surface area contributed by atoms with Gasteiger partial charge in [-0.25, -0.2) is 0 Å². The standard InChI is InChI=1S/C9H13ClO2/c10-8-4-2-1-3-5-9(8)11-6-7-12-9/h3,5,8H,1-2,4,6-7H2. The van der Waals surface area contributed by atoms with Gasteiger partial charge in [-0.15, -0.1) is 11.6 Å². The SMILES string of the molecule is ClC1CCCC=CC12OCCO2. The maximum absolute atomic E-state index is 6.18. The van der Waals surface area contributed by atoms with Crippen molar-refractivity contribution < 1.29 is 9.47 Å². The van der Waals surface area contributed by atoms with Crippen LogP contribution in [0.4, 0.5) is 0 Å². The van der Waals surface area contributed by atoms with Crippen molar-refractivity contribution in [3.63, 3.8) is 0 Å². The Balaban J connectivity index is 2.17.